The summed E-state index contributed by atoms with van der Waals surface area (Å²) in [5, 5.41) is 3.27. The molecule has 2 heterocycles. The summed E-state index contributed by atoms with van der Waals surface area (Å²) in [6.45, 7) is 4.58. The summed E-state index contributed by atoms with van der Waals surface area (Å²) < 4.78 is 16.3. The number of fused-ring (bicyclic) bond motifs is 1. The van der Waals surface area contributed by atoms with Crippen LogP contribution in [0.4, 0.5) is 0 Å². The van der Waals surface area contributed by atoms with Gasteiger partial charge in [-0.15, -0.1) is 0 Å². The maximum absolute atomic E-state index is 5.72. The van der Waals surface area contributed by atoms with Gasteiger partial charge in [-0.3, -0.25) is 4.98 Å². The number of benzene rings is 1. The van der Waals surface area contributed by atoms with Gasteiger partial charge in [-0.2, -0.15) is 0 Å². The summed E-state index contributed by atoms with van der Waals surface area (Å²) in [6, 6.07) is 9.60. The van der Waals surface area contributed by atoms with E-state index in [0.717, 1.165) is 36.0 Å². The molecular formula is C16H18N2O3. The molecule has 1 N–H and O–H groups in total. The standard InChI is InChI=1S/C16H18N2O3/c1-2-17-8-12-3-4-13(18-9-12)10-19-14-5-6-15-16(7-14)21-11-20-15/h3-7,9,17H,2,8,10-11H2,1H3. The number of rotatable bonds is 6. The predicted octanol–water partition coefficient (Wildman–Crippen LogP) is 2.50. The first-order valence-electron chi connectivity index (χ1n) is 7.02. The highest BCUT2D eigenvalue weighted by molar-refractivity contribution is 5.46. The fourth-order valence-corrected chi connectivity index (χ4v) is 2.04. The van der Waals surface area contributed by atoms with Crippen molar-refractivity contribution >= 4 is 0 Å². The highest BCUT2D eigenvalue weighted by atomic mass is 16.7. The normalized spacial score (nSPS) is 12.4. The smallest absolute Gasteiger partial charge is 0.231 e. The molecule has 0 saturated carbocycles. The lowest BCUT2D eigenvalue weighted by Gasteiger charge is -2.07. The molecule has 3 rings (SSSR count). The molecule has 2 aromatic rings. The zero-order valence-corrected chi connectivity index (χ0v) is 12.0. The molecule has 5 nitrogen and oxygen atoms in total. The predicted molar refractivity (Wildman–Crippen MR) is 78.5 cm³/mol. The first kappa shape index (κ1) is 13.7. The Labute approximate surface area is 123 Å². The van der Waals surface area contributed by atoms with E-state index in [1.807, 2.05) is 30.5 Å². The Kier molecular flexibility index (Phi) is 4.21. The van der Waals surface area contributed by atoms with Crippen LogP contribution in [0, 0.1) is 0 Å². The van der Waals surface area contributed by atoms with Crippen LogP contribution in [0.1, 0.15) is 18.2 Å². The minimum atomic E-state index is 0.271. The molecule has 5 heteroatoms. The van der Waals surface area contributed by atoms with Crippen molar-refractivity contribution in [2.24, 2.45) is 0 Å². The van der Waals surface area contributed by atoms with Crippen molar-refractivity contribution in [3.05, 3.63) is 47.8 Å². The van der Waals surface area contributed by atoms with Gasteiger partial charge in [0.25, 0.3) is 0 Å². The molecule has 21 heavy (non-hydrogen) atoms. The first-order chi connectivity index (χ1) is 10.3. The van der Waals surface area contributed by atoms with Crippen LogP contribution in [0.15, 0.2) is 36.5 Å². The Hall–Kier alpha value is -2.27. The third kappa shape index (κ3) is 3.44. The molecule has 1 aliphatic heterocycles. The van der Waals surface area contributed by atoms with Gasteiger partial charge in [-0.05, 0) is 30.3 Å². The van der Waals surface area contributed by atoms with Crippen molar-refractivity contribution in [3.8, 4) is 17.2 Å². The fourth-order valence-electron chi connectivity index (χ4n) is 2.04. The molecule has 1 aliphatic rings. The number of ether oxygens (including phenoxy) is 3. The minimum absolute atomic E-state index is 0.271. The summed E-state index contributed by atoms with van der Waals surface area (Å²) in [4.78, 5) is 4.40. The maximum atomic E-state index is 5.72. The van der Waals surface area contributed by atoms with Gasteiger partial charge in [0.2, 0.25) is 6.79 Å². The number of pyridine rings is 1. The van der Waals surface area contributed by atoms with Crippen LogP contribution in [0.3, 0.4) is 0 Å². The van der Waals surface area contributed by atoms with Crippen molar-refractivity contribution in [2.75, 3.05) is 13.3 Å². The highest BCUT2D eigenvalue weighted by Gasteiger charge is 2.13. The SMILES string of the molecule is CCNCc1ccc(COc2ccc3c(c2)OCO3)nc1. The Morgan fingerprint density at radius 2 is 2.10 bits per heavy atom. The molecule has 0 bridgehead atoms. The Bertz CT molecular complexity index is 599. The van der Waals surface area contributed by atoms with Crippen LogP contribution >= 0.6 is 0 Å². The van der Waals surface area contributed by atoms with E-state index in [9.17, 15) is 0 Å². The van der Waals surface area contributed by atoms with E-state index in [1.165, 1.54) is 5.56 Å². The second-order valence-corrected chi connectivity index (χ2v) is 4.74. The van der Waals surface area contributed by atoms with E-state index in [2.05, 4.69) is 23.3 Å². The zero-order valence-electron chi connectivity index (χ0n) is 12.0. The number of aromatic nitrogens is 1. The minimum Gasteiger partial charge on any atom is -0.487 e. The van der Waals surface area contributed by atoms with Crippen LogP contribution in [-0.4, -0.2) is 18.3 Å². The summed E-state index contributed by atoms with van der Waals surface area (Å²) in [5.41, 5.74) is 2.07. The molecule has 1 aromatic heterocycles. The lowest BCUT2D eigenvalue weighted by molar-refractivity contribution is 0.173. The Balaban J connectivity index is 1.57. The lowest BCUT2D eigenvalue weighted by Crippen LogP contribution is -2.12. The molecule has 0 amide bonds. The molecule has 1 aromatic carbocycles. The van der Waals surface area contributed by atoms with Crippen molar-refractivity contribution in [3.63, 3.8) is 0 Å². The van der Waals surface area contributed by atoms with Gasteiger partial charge in [0.15, 0.2) is 11.5 Å². The van der Waals surface area contributed by atoms with Gasteiger partial charge < -0.3 is 19.5 Å². The van der Waals surface area contributed by atoms with E-state index in [4.69, 9.17) is 14.2 Å². The van der Waals surface area contributed by atoms with Crippen LogP contribution in [0.5, 0.6) is 17.2 Å². The van der Waals surface area contributed by atoms with E-state index in [1.54, 1.807) is 0 Å². The molecule has 0 saturated heterocycles. The summed E-state index contributed by atoms with van der Waals surface area (Å²) >= 11 is 0. The number of hydrogen-bond acceptors (Lipinski definition) is 5. The molecule has 0 atom stereocenters. The van der Waals surface area contributed by atoms with Gasteiger partial charge in [0.05, 0.1) is 5.69 Å². The Morgan fingerprint density at radius 3 is 2.90 bits per heavy atom. The van der Waals surface area contributed by atoms with Gasteiger partial charge in [-0.25, -0.2) is 0 Å². The first-order valence-corrected chi connectivity index (χ1v) is 7.02. The molecule has 0 radical (unpaired) electrons. The van der Waals surface area contributed by atoms with Crippen molar-refractivity contribution in [1.29, 1.82) is 0 Å². The largest absolute Gasteiger partial charge is 0.487 e. The van der Waals surface area contributed by atoms with Gasteiger partial charge in [0.1, 0.15) is 12.4 Å². The lowest BCUT2D eigenvalue weighted by atomic mass is 10.2. The van der Waals surface area contributed by atoms with Crippen LogP contribution in [0.2, 0.25) is 0 Å². The second-order valence-electron chi connectivity index (χ2n) is 4.74. The third-order valence-corrected chi connectivity index (χ3v) is 3.20. The molecule has 0 aliphatic carbocycles. The quantitative estimate of drug-likeness (QED) is 0.884. The summed E-state index contributed by atoms with van der Waals surface area (Å²) in [7, 11) is 0. The third-order valence-electron chi connectivity index (χ3n) is 3.20. The van der Waals surface area contributed by atoms with Crippen molar-refractivity contribution in [1.82, 2.24) is 10.3 Å². The monoisotopic (exact) mass is 286 g/mol. The fraction of sp³-hybridized carbons (Fsp3) is 0.312. The topological polar surface area (TPSA) is 52.6 Å². The van der Waals surface area contributed by atoms with E-state index in [-0.39, 0.29) is 6.79 Å². The van der Waals surface area contributed by atoms with Crippen LogP contribution in [-0.2, 0) is 13.2 Å². The van der Waals surface area contributed by atoms with Gasteiger partial charge in [0, 0.05) is 18.8 Å². The molecule has 110 valence electrons. The second kappa shape index (κ2) is 6.45. The maximum Gasteiger partial charge on any atom is 0.231 e. The van der Waals surface area contributed by atoms with E-state index >= 15 is 0 Å². The number of hydrogen-bond donors (Lipinski definition) is 1. The number of nitrogens with zero attached hydrogens (tertiary/aromatic N) is 1. The van der Waals surface area contributed by atoms with Crippen LogP contribution in [0.25, 0.3) is 0 Å². The zero-order chi connectivity index (χ0) is 14.5. The van der Waals surface area contributed by atoms with Crippen molar-refractivity contribution < 1.29 is 14.2 Å². The van der Waals surface area contributed by atoms with Crippen molar-refractivity contribution in [2.45, 2.75) is 20.1 Å². The highest BCUT2D eigenvalue weighted by Crippen LogP contribution is 2.35. The average Bonchev–Trinajstić information content (AvgIpc) is 2.99. The number of nitrogens with one attached hydrogen (secondary N) is 1. The average molecular weight is 286 g/mol. The Morgan fingerprint density at radius 1 is 1.19 bits per heavy atom. The molecule has 0 unspecified atom stereocenters. The van der Waals surface area contributed by atoms with Gasteiger partial charge >= 0.3 is 0 Å². The van der Waals surface area contributed by atoms with Gasteiger partial charge in [-0.1, -0.05) is 13.0 Å². The summed E-state index contributed by atoms with van der Waals surface area (Å²) in [6.07, 6.45) is 1.88. The van der Waals surface area contributed by atoms with Crippen LogP contribution < -0.4 is 19.5 Å². The molecular weight excluding hydrogens is 268 g/mol. The van der Waals surface area contributed by atoms with E-state index < -0.39 is 0 Å². The van der Waals surface area contributed by atoms with E-state index in [0.29, 0.717) is 6.61 Å². The molecule has 0 spiro atoms. The molecule has 0 fully saturated rings. The summed E-state index contributed by atoms with van der Waals surface area (Å²) in [5.74, 6) is 2.23.